The number of amides is 1. The number of carbonyl (C=O) groups is 2. The summed E-state index contributed by atoms with van der Waals surface area (Å²) < 4.78 is 10.8. The lowest BCUT2D eigenvalue weighted by Gasteiger charge is -2.28. The maximum atomic E-state index is 13.7. The van der Waals surface area contributed by atoms with Gasteiger partial charge in [-0.05, 0) is 54.9 Å². The lowest BCUT2D eigenvalue weighted by atomic mass is 9.97. The maximum Gasteiger partial charge on any atom is 0.337 e. The molecule has 0 bridgehead atoms. The Balaban J connectivity index is 1.85. The third-order valence-corrected chi connectivity index (χ3v) is 6.64. The van der Waals surface area contributed by atoms with Crippen molar-refractivity contribution in [2.45, 2.75) is 33.2 Å². The summed E-state index contributed by atoms with van der Waals surface area (Å²) >= 11 is 0. The Bertz CT molecular complexity index is 1270. The number of carbonyl (C=O) groups excluding carboxylic acids is 2. The molecule has 3 aromatic rings. The summed E-state index contributed by atoms with van der Waals surface area (Å²) in [5.74, 6) is -0.628. The van der Waals surface area contributed by atoms with E-state index in [0.717, 1.165) is 30.6 Å². The van der Waals surface area contributed by atoms with Crippen molar-refractivity contribution in [1.82, 2.24) is 9.80 Å². The second-order valence-electron chi connectivity index (χ2n) is 8.40. The number of likely N-dealkylation sites (N-methyl/N-ethyl adjacent to an activating group) is 1. The van der Waals surface area contributed by atoms with E-state index in [9.17, 15) is 14.4 Å². The third-order valence-electron chi connectivity index (χ3n) is 6.64. The molecule has 178 valence electrons. The van der Waals surface area contributed by atoms with E-state index in [0.29, 0.717) is 35.2 Å². The molecule has 2 aromatic carbocycles. The van der Waals surface area contributed by atoms with Gasteiger partial charge in [0, 0.05) is 13.1 Å². The topological polar surface area (TPSA) is 80.1 Å². The van der Waals surface area contributed by atoms with Crippen LogP contribution in [0.1, 0.15) is 64.4 Å². The van der Waals surface area contributed by atoms with Gasteiger partial charge in [0.2, 0.25) is 5.76 Å². The Labute approximate surface area is 198 Å². The van der Waals surface area contributed by atoms with Gasteiger partial charge in [-0.25, -0.2) is 4.79 Å². The summed E-state index contributed by atoms with van der Waals surface area (Å²) in [7, 11) is 1.33. The van der Waals surface area contributed by atoms with Gasteiger partial charge in [0.1, 0.15) is 5.58 Å². The van der Waals surface area contributed by atoms with Crippen LogP contribution in [0.3, 0.4) is 0 Å². The molecule has 7 nitrogen and oxygen atoms in total. The molecule has 1 unspecified atom stereocenters. The van der Waals surface area contributed by atoms with Crippen LogP contribution in [0.15, 0.2) is 51.7 Å². The van der Waals surface area contributed by atoms with E-state index in [1.54, 1.807) is 35.2 Å². The van der Waals surface area contributed by atoms with E-state index in [1.165, 1.54) is 7.11 Å². The molecule has 1 aliphatic rings. The standard InChI is InChI=1S/C27H30N2O5/c1-5-17-8-13-21-20(16-17)24(30)22-23(18-9-11-19(12-10-18)27(32)33-4)29(26(31)25(22)34-21)15-14-28(6-2)7-3/h8-13,16,23H,5-7,14-15H2,1-4H3. The number of esters is 1. The van der Waals surface area contributed by atoms with Crippen LogP contribution in [0, 0.1) is 0 Å². The Morgan fingerprint density at radius 1 is 1.06 bits per heavy atom. The van der Waals surface area contributed by atoms with Gasteiger partial charge in [0.25, 0.3) is 5.91 Å². The molecule has 0 aliphatic carbocycles. The van der Waals surface area contributed by atoms with Gasteiger partial charge in [-0.1, -0.05) is 39.0 Å². The minimum absolute atomic E-state index is 0.100. The van der Waals surface area contributed by atoms with Gasteiger partial charge >= 0.3 is 5.97 Å². The zero-order valence-electron chi connectivity index (χ0n) is 20.1. The highest BCUT2D eigenvalue weighted by Crippen LogP contribution is 2.38. The average molecular weight is 463 g/mol. The number of aryl methyl sites for hydroxylation is 1. The number of benzene rings is 2. The minimum Gasteiger partial charge on any atom is -0.465 e. The predicted octanol–water partition coefficient (Wildman–Crippen LogP) is 4.03. The minimum atomic E-state index is -0.587. The molecule has 1 atom stereocenters. The summed E-state index contributed by atoms with van der Waals surface area (Å²) in [5.41, 5.74) is 2.77. The first-order valence-corrected chi connectivity index (χ1v) is 11.7. The largest absolute Gasteiger partial charge is 0.465 e. The second kappa shape index (κ2) is 9.81. The van der Waals surface area contributed by atoms with Crippen LogP contribution in [0.25, 0.3) is 11.0 Å². The van der Waals surface area contributed by atoms with E-state index >= 15 is 0 Å². The fraction of sp³-hybridized carbons (Fsp3) is 0.370. The summed E-state index contributed by atoms with van der Waals surface area (Å²) in [6.07, 6.45) is 0.791. The van der Waals surface area contributed by atoms with Crippen LogP contribution in [0.5, 0.6) is 0 Å². The lowest BCUT2D eigenvalue weighted by Crippen LogP contribution is -2.37. The van der Waals surface area contributed by atoms with Crippen molar-refractivity contribution in [2.24, 2.45) is 0 Å². The number of fused-ring (bicyclic) bond motifs is 2. The lowest BCUT2D eigenvalue weighted by molar-refractivity contribution is 0.0599. The normalized spacial score (nSPS) is 15.3. The maximum absolute atomic E-state index is 13.7. The van der Waals surface area contributed by atoms with Crippen molar-refractivity contribution in [3.63, 3.8) is 0 Å². The van der Waals surface area contributed by atoms with Crippen LogP contribution >= 0.6 is 0 Å². The molecule has 4 rings (SSSR count). The quantitative estimate of drug-likeness (QED) is 0.470. The molecule has 0 fully saturated rings. The molecule has 1 aromatic heterocycles. The monoisotopic (exact) mass is 462 g/mol. The Hall–Kier alpha value is -3.45. The third kappa shape index (κ3) is 4.12. The zero-order valence-corrected chi connectivity index (χ0v) is 20.1. The molecular formula is C27H30N2O5. The molecule has 2 heterocycles. The van der Waals surface area contributed by atoms with Gasteiger partial charge in [0.15, 0.2) is 5.43 Å². The predicted molar refractivity (Wildman–Crippen MR) is 130 cm³/mol. The highest BCUT2D eigenvalue weighted by Gasteiger charge is 2.42. The van der Waals surface area contributed by atoms with Gasteiger partial charge in [-0.2, -0.15) is 0 Å². The molecule has 1 amide bonds. The number of ether oxygens (including phenoxy) is 1. The molecule has 34 heavy (non-hydrogen) atoms. The van der Waals surface area contributed by atoms with Crippen molar-refractivity contribution in [2.75, 3.05) is 33.3 Å². The Morgan fingerprint density at radius 2 is 1.76 bits per heavy atom. The van der Waals surface area contributed by atoms with Crippen LogP contribution in [-0.2, 0) is 11.2 Å². The van der Waals surface area contributed by atoms with Gasteiger partial charge in [0.05, 0.1) is 29.7 Å². The van der Waals surface area contributed by atoms with E-state index in [-0.39, 0.29) is 17.1 Å². The first kappa shape index (κ1) is 23.7. The zero-order chi connectivity index (χ0) is 24.4. The molecule has 0 saturated heterocycles. The Kier molecular flexibility index (Phi) is 6.84. The van der Waals surface area contributed by atoms with E-state index in [4.69, 9.17) is 9.15 Å². The molecule has 0 N–H and O–H groups in total. The number of nitrogens with zero attached hydrogens (tertiary/aromatic N) is 2. The summed E-state index contributed by atoms with van der Waals surface area (Å²) in [5, 5.41) is 0.479. The van der Waals surface area contributed by atoms with Crippen molar-refractivity contribution >= 4 is 22.8 Å². The van der Waals surface area contributed by atoms with Gasteiger partial charge in [-0.15, -0.1) is 0 Å². The van der Waals surface area contributed by atoms with Crippen molar-refractivity contribution < 1.29 is 18.7 Å². The number of rotatable bonds is 8. The molecule has 0 radical (unpaired) electrons. The molecule has 7 heteroatoms. The van der Waals surface area contributed by atoms with Crippen molar-refractivity contribution in [3.05, 3.63) is 80.7 Å². The van der Waals surface area contributed by atoms with Crippen molar-refractivity contribution in [1.29, 1.82) is 0 Å². The van der Waals surface area contributed by atoms with E-state index in [1.807, 2.05) is 19.1 Å². The fourth-order valence-electron chi connectivity index (χ4n) is 4.57. The Morgan fingerprint density at radius 3 is 2.38 bits per heavy atom. The van der Waals surface area contributed by atoms with Crippen LogP contribution < -0.4 is 5.43 Å². The first-order valence-electron chi connectivity index (χ1n) is 11.7. The summed E-state index contributed by atoms with van der Waals surface area (Å²) in [6, 6.07) is 11.8. The summed E-state index contributed by atoms with van der Waals surface area (Å²) in [4.78, 5) is 43.1. The number of hydrogen-bond acceptors (Lipinski definition) is 6. The van der Waals surface area contributed by atoms with Crippen LogP contribution in [0.4, 0.5) is 0 Å². The highest BCUT2D eigenvalue weighted by molar-refractivity contribution is 5.99. The van der Waals surface area contributed by atoms with Gasteiger partial charge < -0.3 is 19.0 Å². The van der Waals surface area contributed by atoms with Crippen LogP contribution in [0.2, 0.25) is 0 Å². The van der Waals surface area contributed by atoms with Gasteiger partial charge in [-0.3, -0.25) is 9.59 Å². The van der Waals surface area contributed by atoms with Crippen LogP contribution in [-0.4, -0.2) is 55.0 Å². The fourth-order valence-corrected chi connectivity index (χ4v) is 4.57. The molecule has 0 spiro atoms. The van der Waals surface area contributed by atoms with Crippen molar-refractivity contribution in [3.8, 4) is 0 Å². The summed E-state index contributed by atoms with van der Waals surface area (Å²) in [6.45, 7) is 9.05. The first-order chi connectivity index (χ1) is 16.4. The SMILES string of the molecule is CCc1ccc2oc3c(c(=O)c2c1)C(c1ccc(C(=O)OC)cc1)N(CCN(CC)CC)C3=O. The van der Waals surface area contributed by atoms with E-state index in [2.05, 4.69) is 18.7 Å². The number of hydrogen-bond donors (Lipinski definition) is 0. The molecular weight excluding hydrogens is 432 g/mol. The highest BCUT2D eigenvalue weighted by atomic mass is 16.5. The number of methoxy groups -OCH3 is 1. The second-order valence-corrected chi connectivity index (χ2v) is 8.40. The average Bonchev–Trinajstić information content (AvgIpc) is 3.15. The smallest absolute Gasteiger partial charge is 0.337 e. The molecule has 0 saturated carbocycles. The van der Waals surface area contributed by atoms with E-state index < -0.39 is 12.0 Å². The molecule has 1 aliphatic heterocycles.